The van der Waals surface area contributed by atoms with Crippen molar-refractivity contribution in [3.05, 3.63) is 0 Å². The van der Waals surface area contributed by atoms with Gasteiger partial charge in [0.15, 0.2) is 0 Å². The number of hydrogen-bond acceptors (Lipinski definition) is 4. The molecule has 0 aromatic rings. The van der Waals surface area contributed by atoms with E-state index in [0.29, 0.717) is 12.5 Å². The first-order valence-electron chi connectivity index (χ1n) is 8.25. The van der Waals surface area contributed by atoms with Crippen LogP contribution < -0.4 is 5.32 Å². The minimum absolute atomic E-state index is 0.0373. The summed E-state index contributed by atoms with van der Waals surface area (Å²) in [6, 6.07) is -0.779. The number of rotatable bonds is 3. The number of alkyl halides is 1. The zero-order valence-electron chi connectivity index (χ0n) is 14.5. The van der Waals surface area contributed by atoms with E-state index in [1.54, 1.807) is 20.8 Å². The molecule has 0 aliphatic carbocycles. The van der Waals surface area contributed by atoms with Gasteiger partial charge in [-0.05, 0) is 46.7 Å². The monoisotopic (exact) mass is 329 g/mol. The molecule has 132 valence electrons. The van der Waals surface area contributed by atoms with Crippen LogP contribution in [-0.2, 0) is 9.53 Å². The minimum atomic E-state index is -1.18. The van der Waals surface area contributed by atoms with Crippen molar-refractivity contribution in [2.45, 2.75) is 51.4 Å². The lowest BCUT2D eigenvalue weighted by Crippen LogP contribution is -2.48. The summed E-state index contributed by atoms with van der Waals surface area (Å²) in [5.74, 6) is 0.132. The van der Waals surface area contributed by atoms with Gasteiger partial charge in [-0.15, -0.1) is 0 Å². The first-order valence-corrected chi connectivity index (χ1v) is 8.25. The lowest BCUT2D eigenvalue weighted by atomic mass is 10.1. The van der Waals surface area contributed by atoms with Crippen LogP contribution in [0.15, 0.2) is 0 Å². The smallest absolute Gasteiger partial charge is 0.411 e. The van der Waals surface area contributed by atoms with Gasteiger partial charge in [-0.2, -0.15) is 0 Å². The molecule has 7 heteroatoms. The predicted molar refractivity (Wildman–Crippen MR) is 84.9 cm³/mol. The van der Waals surface area contributed by atoms with E-state index in [2.05, 4.69) is 17.3 Å². The van der Waals surface area contributed by atoms with Gasteiger partial charge in [-0.3, -0.25) is 9.69 Å². The van der Waals surface area contributed by atoms with Gasteiger partial charge < -0.3 is 15.0 Å². The summed E-state index contributed by atoms with van der Waals surface area (Å²) >= 11 is 0. The summed E-state index contributed by atoms with van der Waals surface area (Å²) in [4.78, 5) is 28.0. The molecule has 0 aromatic heterocycles. The van der Waals surface area contributed by atoms with Crippen molar-refractivity contribution in [3.63, 3.8) is 0 Å². The van der Waals surface area contributed by atoms with Crippen LogP contribution in [0, 0.1) is 5.92 Å². The number of nitrogens with one attached hydrogen (secondary N) is 1. The highest BCUT2D eigenvalue weighted by Crippen LogP contribution is 2.23. The van der Waals surface area contributed by atoms with Crippen LogP contribution in [0.5, 0.6) is 0 Å². The second kappa shape index (κ2) is 7.03. The molecule has 0 bridgehead atoms. The second-order valence-electron chi connectivity index (χ2n) is 7.64. The summed E-state index contributed by atoms with van der Waals surface area (Å²) in [6.45, 7) is 7.71. The molecule has 2 aliphatic heterocycles. The number of amides is 2. The van der Waals surface area contributed by atoms with E-state index in [1.807, 2.05) is 0 Å². The number of halogens is 1. The van der Waals surface area contributed by atoms with Crippen molar-refractivity contribution in [2.75, 3.05) is 33.2 Å². The van der Waals surface area contributed by atoms with Gasteiger partial charge in [-0.1, -0.05) is 0 Å². The van der Waals surface area contributed by atoms with Gasteiger partial charge in [-0.25, -0.2) is 9.18 Å². The second-order valence-corrected chi connectivity index (χ2v) is 7.64. The third kappa shape index (κ3) is 5.06. The molecule has 2 amide bonds. The Hall–Kier alpha value is -1.37. The number of carbonyl (C=O) groups is 2. The maximum Gasteiger partial charge on any atom is 0.411 e. The Morgan fingerprint density at radius 2 is 2.00 bits per heavy atom. The summed E-state index contributed by atoms with van der Waals surface area (Å²) in [7, 11) is 2.05. The molecular weight excluding hydrogens is 301 g/mol. The number of hydrogen-bond donors (Lipinski definition) is 1. The third-order valence-electron chi connectivity index (χ3n) is 4.23. The molecule has 2 rings (SSSR count). The Morgan fingerprint density at radius 1 is 1.30 bits per heavy atom. The van der Waals surface area contributed by atoms with E-state index < -0.39 is 23.9 Å². The Labute approximate surface area is 137 Å². The average molecular weight is 329 g/mol. The maximum absolute atomic E-state index is 13.7. The van der Waals surface area contributed by atoms with E-state index in [0.717, 1.165) is 19.5 Å². The standard InChI is InChI=1S/C16H28FN3O3/c1-16(2,3)23-15(22)20-10-12(17)7-13(20)14(21)18-8-11-5-6-19(4)9-11/h11-13H,5-10H2,1-4H3,(H,18,21)/t11-,12+,13-/m0/s1. The number of carbonyl (C=O) groups excluding carboxylic acids is 2. The SMILES string of the molecule is CN1CC[C@@H](CNC(=O)[C@@H]2C[C@@H](F)CN2C(=O)OC(C)(C)C)C1. The molecule has 0 unspecified atom stereocenters. The average Bonchev–Trinajstić information content (AvgIpc) is 3.00. The fourth-order valence-corrected chi connectivity index (χ4v) is 3.11. The molecule has 3 atom stereocenters. The summed E-state index contributed by atoms with van der Waals surface area (Å²) in [6.07, 6.45) is -0.729. The van der Waals surface area contributed by atoms with Gasteiger partial charge in [0.2, 0.25) is 5.91 Å². The van der Waals surface area contributed by atoms with Gasteiger partial charge >= 0.3 is 6.09 Å². The van der Waals surface area contributed by atoms with E-state index in [4.69, 9.17) is 4.74 Å². The zero-order chi connectivity index (χ0) is 17.2. The summed E-state index contributed by atoms with van der Waals surface area (Å²) < 4.78 is 19.0. The van der Waals surface area contributed by atoms with Crippen molar-refractivity contribution in [2.24, 2.45) is 5.92 Å². The van der Waals surface area contributed by atoms with E-state index >= 15 is 0 Å². The molecule has 2 heterocycles. The highest BCUT2D eigenvalue weighted by atomic mass is 19.1. The van der Waals surface area contributed by atoms with Crippen LogP contribution in [-0.4, -0.2) is 72.8 Å². The fraction of sp³-hybridized carbons (Fsp3) is 0.875. The van der Waals surface area contributed by atoms with Gasteiger partial charge in [0.25, 0.3) is 0 Å². The van der Waals surface area contributed by atoms with Gasteiger partial charge in [0, 0.05) is 19.5 Å². The van der Waals surface area contributed by atoms with Crippen molar-refractivity contribution in [1.82, 2.24) is 15.1 Å². The molecular formula is C16H28FN3O3. The largest absolute Gasteiger partial charge is 0.444 e. The molecule has 2 aliphatic rings. The Morgan fingerprint density at radius 3 is 2.57 bits per heavy atom. The highest BCUT2D eigenvalue weighted by molar-refractivity contribution is 5.86. The van der Waals surface area contributed by atoms with Crippen molar-refractivity contribution in [3.8, 4) is 0 Å². The number of nitrogens with zero attached hydrogens (tertiary/aromatic N) is 2. The van der Waals surface area contributed by atoms with Gasteiger partial charge in [0.05, 0.1) is 6.54 Å². The van der Waals surface area contributed by atoms with E-state index in [1.165, 1.54) is 4.90 Å². The van der Waals surface area contributed by atoms with Crippen molar-refractivity contribution < 1.29 is 18.7 Å². The number of ether oxygens (including phenoxy) is 1. The van der Waals surface area contributed by atoms with Crippen molar-refractivity contribution in [1.29, 1.82) is 0 Å². The van der Waals surface area contributed by atoms with Crippen LogP contribution in [0.2, 0.25) is 0 Å². The molecule has 1 N–H and O–H groups in total. The van der Waals surface area contributed by atoms with E-state index in [-0.39, 0.29) is 18.9 Å². The molecule has 23 heavy (non-hydrogen) atoms. The first kappa shape index (κ1) is 18.0. The Balaban J connectivity index is 1.90. The van der Waals surface area contributed by atoms with Crippen LogP contribution >= 0.6 is 0 Å². The van der Waals surface area contributed by atoms with Gasteiger partial charge in [0.1, 0.15) is 17.8 Å². The molecule has 2 saturated heterocycles. The maximum atomic E-state index is 13.7. The zero-order valence-corrected chi connectivity index (χ0v) is 14.5. The molecule has 0 spiro atoms. The quantitative estimate of drug-likeness (QED) is 0.850. The lowest BCUT2D eigenvalue weighted by Gasteiger charge is -2.28. The number of likely N-dealkylation sites (tertiary alicyclic amines) is 2. The molecule has 0 aromatic carbocycles. The molecule has 0 radical (unpaired) electrons. The molecule has 0 saturated carbocycles. The topological polar surface area (TPSA) is 61.9 Å². The van der Waals surface area contributed by atoms with Crippen molar-refractivity contribution >= 4 is 12.0 Å². The van der Waals surface area contributed by atoms with Crippen LogP contribution in [0.4, 0.5) is 9.18 Å². The molecule has 2 fully saturated rings. The summed E-state index contributed by atoms with van der Waals surface area (Å²) in [5, 5.41) is 2.87. The fourth-order valence-electron chi connectivity index (χ4n) is 3.11. The normalized spacial score (nSPS) is 28.9. The lowest BCUT2D eigenvalue weighted by molar-refractivity contribution is -0.125. The highest BCUT2D eigenvalue weighted by Gasteiger charge is 2.41. The Kier molecular flexibility index (Phi) is 5.49. The van der Waals surface area contributed by atoms with Crippen LogP contribution in [0.3, 0.4) is 0 Å². The first-order chi connectivity index (χ1) is 10.7. The van der Waals surface area contributed by atoms with Crippen LogP contribution in [0.25, 0.3) is 0 Å². The third-order valence-corrected chi connectivity index (χ3v) is 4.23. The summed E-state index contributed by atoms with van der Waals surface area (Å²) in [5.41, 5.74) is -0.666. The Bertz CT molecular complexity index is 452. The minimum Gasteiger partial charge on any atom is -0.444 e. The van der Waals surface area contributed by atoms with E-state index in [9.17, 15) is 14.0 Å². The predicted octanol–water partition coefficient (Wildman–Crippen LogP) is 1.40. The molecule has 6 nitrogen and oxygen atoms in total. The van der Waals surface area contributed by atoms with Crippen LogP contribution in [0.1, 0.15) is 33.6 Å².